The first-order valence-electron chi connectivity index (χ1n) is 9.86. The normalized spacial score (nSPS) is 10.5. The van der Waals surface area contributed by atoms with Gasteiger partial charge in [-0.1, -0.05) is 36.4 Å². The molecule has 0 saturated heterocycles. The quantitative estimate of drug-likeness (QED) is 0.534. The van der Waals surface area contributed by atoms with Gasteiger partial charge in [0.15, 0.2) is 11.5 Å². The first kappa shape index (κ1) is 22.3. The predicted octanol–water partition coefficient (Wildman–Crippen LogP) is 4.77. The minimum atomic E-state index is -0.0995. The lowest BCUT2D eigenvalue weighted by molar-refractivity contribution is 0.281. The third-order valence-electron chi connectivity index (χ3n) is 5.11. The fraction of sp³-hybridized carbons (Fsp3) is 0.280. The van der Waals surface area contributed by atoms with E-state index in [1.807, 2.05) is 55.5 Å². The molecule has 1 N–H and O–H groups in total. The topological polar surface area (TPSA) is 66.4 Å². The van der Waals surface area contributed by atoms with Crippen LogP contribution in [0.1, 0.15) is 16.7 Å². The van der Waals surface area contributed by atoms with Gasteiger partial charge in [0.05, 0.1) is 35.0 Å². The molecule has 0 aliphatic rings. The molecule has 0 aliphatic carbocycles. The summed E-state index contributed by atoms with van der Waals surface area (Å²) in [6.07, 6.45) is 0. The van der Waals surface area contributed by atoms with Crippen LogP contribution in [-0.4, -0.2) is 33.5 Å². The van der Waals surface area contributed by atoms with Crippen LogP contribution in [0.3, 0.4) is 0 Å². The first-order chi connectivity index (χ1) is 15.1. The maximum Gasteiger partial charge on any atom is 0.207 e. The number of hydrogen-bond acceptors (Lipinski definition) is 6. The van der Waals surface area contributed by atoms with E-state index >= 15 is 0 Å². The van der Waals surface area contributed by atoms with Gasteiger partial charge in [0, 0.05) is 16.7 Å². The van der Waals surface area contributed by atoms with Crippen LogP contribution in [0.25, 0.3) is 11.1 Å². The van der Waals surface area contributed by atoms with E-state index in [1.165, 1.54) is 0 Å². The van der Waals surface area contributed by atoms with Crippen LogP contribution in [0, 0.1) is 6.92 Å². The van der Waals surface area contributed by atoms with Gasteiger partial charge >= 0.3 is 0 Å². The van der Waals surface area contributed by atoms with Gasteiger partial charge in [0.25, 0.3) is 0 Å². The second-order valence-corrected chi connectivity index (χ2v) is 6.90. The summed E-state index contributed by atoms with van der Waals surface area (Å²) in [4.78, 5) is 0. The lowest BCUT2D eigenvalue weighted by Gasteiger charge is -2.23. The summed E-state index contributed by atoms with van der Waals surface area (Å²) in [5.41, 5.74) is 4.11. The number of hydrogen-bond donors (Lipinski definition) is 1. The zero-order valence-corrected chi connectivity index (χ0v) is 18.5. The van der Waals surface area contributed by atoms with Crippen LogP contribution >= 0.6 is 0 Å². The lowest BCUT2D eigenvalue weighted by Crippen LogP contribution is -2.04. The van der Waals surface area contributed by atoms with E-state index in [0.717, 1.165) is 27.8 Å². The van der Waals surface area contributed by atoms with Crippen molar-refractivity contribution in [3.8, 4) is 39.9 Å². The fourth-order valence-electron chi connectivity index (χ4n) is 3.64. The number of aliphatic hydroxyl groups excluding tert-OH is 1. The van der Waals surface area contributed by atoms with Gasteiger partial charge < -0.3 is 28.8 Å². The minimum absolute atomic E-state index is 0.0995. The molecule has 6 nitrogen and oxygen atoms in total. The molecule has 0 saturated carbocycles. The molecule has 0 unspecified atom stereocenters. The number of methoxy groups -OCH3 is 4. The maximum atomic E-state index is 9.75. The summed E-state index contributed by atoms with van der Waals surface area (Å²) in [6, 6.07) is 15.5. The van der Waals surface area contributed by atoms with Crippen molar-refractivity contribution >= 4 is 0 Å². The standard InChI is InChI=1S/C25H28O6/c1-16-21(23(28-3)25(30-5)24(29-4)22(16)27-2)19-13-18(14-26)11-12-20(19)31-15-17-9-7-6-8-10-17/h6-13,26H,14-15H2,1-5H3. The molecule has 0 fully saturated rings. The highest BCUT2D eigenvalue weighted by Crippen LogP contribution is 2.54. The Bertz CT molecular complexity index is 1030. The van der Waals surface area contributed by atoms with Crippen molar-refractivity contribution in [2.45, 2.75) is 20.1 Å². The van der Waals surface area contributed by atoms with E-state index < -0.39 is 0 Å². The van der Waals surface area contributed by atoms with Crippen molar-refractivity contribution in [3.05, 3.63) is 65.2 Å². The molecular weight excluding hydrogens is 396 g/mol. The summed E-state index contributed by atoms with van der Waals surface area (Å²) in [6.45, 7) is 2.22. The van der Waals surface area contributed by atoms with Crippen molar-refractivity contribution < 1.29 is 28.8 Å². The van der Waals surface area contributed by atoms with E-state index in [4.69, 9.17) is 23.7 Å². The summed E-state index contributed by atoms with van der Waals surface area (Å²) >= 11 is 0. The van der Waals surface area contributed by atoms with Crippen LogP contribution in [0.5, 0.6) is 28.7 Å². The lowest BCUT2D eigenvalue weighted by atomic mass is 9.95. The van der Waals surface area contributed by atoms with Crippen molar-refractivity contribution in [3.63, 3.8) is 0 Å². The predicted molar refractivity (Wildman–Crippen MR) is 120 cm³/mol. The molecule has 0 amide bonds. The van der Waals surface area contributed by atoms with Gasteiger partial charge in [0.1, 0.15) is 12.4 Å². The largest absolute Gasteiger partial charge is 0.492 e. The molecule has 0 spiro atoms. The molecule has 0 aliphatic heterocycles. The molecule has 31 heavy (non-hydrogen) atoms. The van der Waals surface area contributed by atoms with Gasteiger partial charge in [-0.05, 0) is 30.2 Å². The molecule has 164 valence electrons. The zero-order valence-electron chi connectivity index (χ0n) is 18.5. The molecule has 6 heteroatoms. The van der Waals surface area contributed by atoms with E-state index in [2.05, 4.69) is 0 Å². The monoisotopic (exact) mass is 424 g/mol. The number of benzene rings is 3. The second-order valence-electron chi connectivity index (χ2n) is 6.90. The first-order valence-corrected chi connectivity index (χ1v) is 9.86. The summed E-state index contributed by atoms with van der Waals surface area (Å²) in [7, 11) is 6.26. The Morgan fingerprint density at radius 1 is 0.710 bits per heavy atom. The SMILES string of the molecule is COc1c(C)c(-c2cc(CO)ccc2OCc2ccccc2)c(OC)c(OC)c1OC. The number of rotatable bonds is 9. The Balaban J connectivity index is 2.23. The molecule has 0 atom stereocenters. The molecule has 0 bridgehead atoms. The van der Waals surface area contributed by atoms with Crippen LogP contribution in [0.4, 0.5) is 0 Å². The third kappa shape index (κ3) is 4.39. The van der Waals surface area contributed by atoms with Crippen LogP contribution in [0.15, 0.2) is 48.5 Å². The maximum absolute atomic E-state index is 9.75. The average Bonchev–Trinajstić information content (AvgIpc) is 2.82. The summed E-state index contributed by atoms with van der Waals surface area (Å²) in [5, 5.41) is 9.75. The van der Waals surface area contributed by atoms with Crippen LogP contribution < -0.4 is 23.7 Å². The van der Waals surface area contributed by atoms with E-state index in [0.29, 0.717) is 35.4 Å². The van der Waals surface area contributed by atoms with Crippen molar-refractivity contribution in [1.82, 2.24) is 0 Å². The highest BCUT2D eigenvalue weighted by Gasteiger charge is 2.28. The average molecular weight is 424 g/mol. The van der Waals surface area contributed by atoms with Crippen LogP contribution in [-0.2, 0) is 13.2 Å². The second kappa shape index (κ2) is 10.1. The molecule has 3 rings (SSSR count). The Morgan fingerprint density at radius 2 is 1.32 bits per heavy atom. The van der Waals surface area contributed by atoms with Crippen molar-refractivity contribution in [1.29, 1.82) is 0 Å². The summed E-state index contributed by atoms with van der Waals surface area (Å²) < 4.78 is 28.8. The number of ether oxygens (including phenoxy) is 5. The molecule has 0 heterocycles. The fourth-order valence-corrected chi connectivity index (χ4v) is 3.64. The van der Waals surface area contributed by atoms with Crippen molar-refractivity contribution in [2.75, 3.05) is 28.4 Å². The zero-order chi connectivity index (χ0) is 22.4. The molecular formula is C25H28O6. The minimum Gasteiger partial charge on any atom is -0.492 e. The molecule has 0 radical (unpaired) electrons. The highest BCUT2D eigenvalue weighted by molar-refractivity contribution is 5.86. The number of aliphatic hydroxyl groups is 1. The van der Waals surface area contributed by atoms with Crippen LogP contribution in [0.2, 0.25) is 0 Å². The molecule has 0 aromatic heterocycles. The molecule has 3 aromatic carbocycles. The Hall–Kier alpha value is -3.38. The third-order valence-corrected chi connectivity index (χ3v) is 5.11. The van der Waals surface area contributed by atoms with E-state index in [1.54, 1.807) is 28.4 Å². The van der Waals surface area contributed by atoms with Gasteiger partial charge in [-0.3, -0.25) is 0 Å². The van der Waals surface area contributed by atoms with Gasteiger partial charge in [-0.15, -0.1) is 0 Å². The van der Waals surface area contributed by atoms with Gasteiger partial charge in [-0.25, -0.2) is 0 Å². The molecule has 3 aromatic rings. The highest BCUT2D eigenvalue weighted by atomic mass is 16.5. The van der Waals surface area contributed by atoms with Gasteiger partial charge in [0.2, 0.25) is 11.5 Å². The Morgan fingerprint density at radius 3 is 1.90 bits per heavy atom. The summed E-state index contributed by atoms with van der Waals surface area (Å²) in [5.74, 6) is 2.56. The Kier molecular flexibility index (Phi) is 7.26. The smallest absolute Gasteiger partial charge is 0.207 e. The Labute approximate surface area is 182 Å². The van der Waals surface area contributed by atoms with Crippen molar-refractivity contribution in [2.24, 2.45) is 0 Å². The van der Waals surface area contributed by atoms with E-state index in [-0.39, 0.29) is 6.61 Å². The van der Waals surface area contributed by atoms with Gasteiger partial charge in [-0.2, -0.15) is 0 Å². The van der Waals surface area contributed by atoms with E-state index in [9.17, 15) is 5.11 Å².